The number of thiocarbonyl (C=S) groups is 1. The van der Waals surface area contributed by atoms with E-state index in [4.69, 9.17) is 23.2 Å². The van der Waals surface area contributed by atoms with E-state index in [1.54, 1.807) is 6.07 Å². The van der Waals surface area contributed by atoms with Crippen molar-refractivity contribution in [2.24, 2.45) is 11.7 Å². The Bertz CT molecular complexity index is 394. The van der Waals surface area contributed by atoms with Gasteiger partial charge in [-0.15, -0.1) is 0 Å². The number of hydrogen-bond donors (Lipinski definition) is 2. The van der Waals surface area contributed by atoms with E-state index in [1.165, 1.54) is 0 Å². The van der Waals surface area contributed by atoms with Gasteiger partial charge in [-0.2, -0.15) is 5.26 Å². The number of amides is 3. The SMILES string of the molecule is N#CC(CN1C(=O)CC(=O)NC1=S)C(N)=O. The Kier molecular flexibility index (Phi) is 3.52. The third-order valence-corrected chi connectivity index (χ3v) is 2.29. The molecule has 1 heterocycles. The average molecular weight is 240 g/mol. The molecule has 3 amide bonds. The Hall–Kier alpha value is -2.01. The van der Waals surface area contributed by atoms with Gasteiger partial charge in [0.1, 0.15) is 12.3 Å². The van der Waals surface area contributed by atoms with Crippen LogP contribution in [0.25, 0.3) is 0 Å². The highest BCUT2D eigenvalue weighted by atomic mass is 32.1. The maximum atomic E-state index is 11.4. The summed E-state index contributed by atoms with van der Waals surface area (Å²) in [6.45, 7) is -0.232. The van der Waals surface area contributed by atoms with Crippen LogP contribution in [-0.2, 0) is 14.4 Å². The molecular formula is C8H8N4O3S. The molecule has 3 N–H and O–H groups in total. The summed E-state index contributed by atoms with van der Waals surface area (Å²) in [5.41, 5.74) is 4.95. The normalized spacial score (nSPS) is 17.7. The lowest BCUT2D eigenvalue weighted by Gasteiger charge is -2.28. The van der Waals surface area contributed by atoms with Crippen LogP contribution in [0.4, 0.5) is 0 Å². The molecule has 1 aliphatic heterocycles. The van der Waals surface area contributed by atoms with Crippen molar-refractivity contribution in [2.45, 2.75) is 6.42 Å². The molecule has 1 unspecified atom stereocenters. The highest BCUT2D eigenvalue weighted by Crippen LogP contribution is 2.07. The summed E-state index contributed by atoms with van der Waals surface area (Å²) in [6.07, 6.45) is -0.350. The van der Waals surface area contributed by atoms with Crippen molar-refractivity contribution < 1.29 is 14.4 Å². The zero-order valence-corrected chi connectivity index (χ0v) is 8.91. The van der Waals surface area contributed by atoms with Gasteiger partial charge in [-0.1, -0.05) is 0 Å². The van der Waals surface area contributed by atoms with Crippen molar-refractivity contribution in [3.63, 3.8) is 0 Å². The minimum Gasteiger partial charge on any atom is -0.368 e. The van der Waals surface area contributed by atoms with Crippen molar-refractivity contribution in [2.75, 3.05) is 6.54 Å². The number of primary amides is 1. The molecule has 1 atom stereocenters. The van der Waals surface area contributed by atoms with E-state index < -0.39 is 23.6 Å². The maximum Gasteiger partial charge on any atom is 0.238 e. The molecule has 0 spiro atoms. The van der Waals surface area contributed by atoms with Crippen LogP contribution in [0.1, 0.15) is 6.42 Å². The number of nitriles is 1. The number of nitrogens with one attached hydrogen (secondary N) is 1. The zero-order chi connectivity index (χ0) is 12.3. The molecule has 0 aromatic heterocycles. The quantitative estimate of drug-likeness (QED) is 0.448. The van der Waals surface area contributed by atoms with Crippen molar-refractivity contribution in [3.8, 4) is 6.07 Å². The monoisotopic (exact) mass is 240 g/mol. The summed E-state index contributed by atoms with van der Waals surface area (Å²) < 4.78 is 0. The predicted octanol–water partition coefficient (Wildman–Crippen LogP) is -1.76. The molecule has 1 saturated heterocycles. The predicted molar refractivity (Wildman–Crippen MR) is 55.4 cm³/mol. The number of carbonyl (C=O) groups excluding carboxylic acids is 3. The summed E-state index contributed by atoms with van der Waals surface area (Å²) in [5, 5.41) is 10.8. The molecule has 0 radical (unpaired) electrons. The van der Waals surface area contributed by atoms with Crippen molar-refractivity contribution in [3.05, 3.63) is 0 Å². The number of nitrogens with two attached hydrogens (primary N) is 1. The van der Waals surface area contributed by atoms with E-state index in [0.29, 0.717) is 0 Å². The lowest BCUT2D eigenvalue weighted by Crippen LogP contribution is -2.54. The highest BCUT2D eigenvalue weighted by Gasteiger charge is 2.31. The molecule has 84 valence electrons. The van der Waals surface area contributed by atoms with E-state index in [0.717, 1.165) is 4.90 Å². The highest BCUT2D eigenvalue weighted by molar-refractivity contribution is 7.80. The first-order valence-corrected chi connectivity index (χ1v) is 4.69. The topological polar surface area (TPSA) is 116 Å². The molecule has 1 rings (SSSR count). The Balaban J connectivity index is 2.77. The van der Waals surface area contributed by atoms with Gasteiger partial charge in [-0.05, 0) is 12.2 Å². The number of hydrogen-bond acceptors (Lipinski definition) is 5. The maximum absolute atomic E-state index is 11.4. The van der Waals surface area contributed by atoms with Crippen LogP contribution in [-0.4, -0.2) is 34.3 Å². The van der Waals surface area contributed by atoms with Gasteiger partial charge in [0.25, 0.3) is 0 Å². The van der Waals surface area contributed by atoms with Gasteiger partial charge in [0, 0.05) is 0 Å². The lowest BCUT2D eigenvalue weighted by molar-refractivity contribution is -0.135. The van der Waals surface area contributed by atoms with Gasteiger partial charge >= 0.3 is 0 Å². The van der Waals surface area contributed by atoms with Crippen LogP contribution in [0.2, 0.25) is 0 Å². The molecule has 0 aromatic carbocycles. The largest absolute Gasteiger partial charge is 0.368 e. The molecule has 16 heavy (non-hydrogen) atoms. The molecule has 7 nitrogen and oxygen atoms in total. The van der Waals surface area contributed by atoms with E-state index >= 15 is 0 Å². The van der Waals surface area contributed by atoms with E-state index in [1.807, 2.05) is 0 Å². The number of nitrogens with zero attached hydrogens (tertiary/aromatic N) is 2. The standard InChI is InChI=1S/C8H8N4O3S/c9-2-4(7(10)15)3-12-6(14)1-5(13)11-8(12)16/h4H,1,3H2,(H2,10,15)(H,11,13,16). The average Bonchev–Trinajstić information content (AvgIpc) is 2.15. The van der Waals surface area contributed by atoms with Crippen LogP contribution in [0.3, 0.4) is 0 Å². The second-order valence-electron chi connectivity index (χ2n) is 3.12. The second kappa shape index (κ2) is 4.67. The third kappa shape index (κ3) is 2.52. The molecule has 1 aliphatic rings. The van der Waals surface area contributed by atoms with Gasteiger partial charge in [0.05, 0.1) is 12.6 Å². The fraction of sp³-hybridized carbons (Fsp3) is 0.375. The van der Waals surface area contributed by atoms with Gasteiger partial charge in [0.15, 0.2) is 5.11 Å². The first-order valence-electron chi connectivity index (χ1n) is 4.28. The fourth-order valence-electron chi connectivity index (χ4n) is 1.14. The van der Waals surface area contributed by atoms with Crippen molar-refractivity contribution >= 4 is 35.1 Å². The van der Waals surface area contributed by atoms with Crippen molar-refractivity contribution in [1.29, 1.82) is 5.26 Å². The summed E-state index contributed by atoms with van der Waals surface area (Å²) in [5.74, 6) is -3.03. The second-order valence-corrected chi connectivity index (χ2v) is 3.51. The lowest BCUT2D eigenvalue weighted by atomic mass is 10.1. The van der Waals surface area contributed by atoms with Crippen LogP contribution < -0.4 is 11.1 Å². The molecule has 0 saturated carbocycles. The van der Waals surface area contributed by atoms with E-state index in [9.17, 15) is 14.4 Å². The smallest absolute Gasteiger partial charge is 0.238 e. The number of rotatable bonds is 3. The molecule has 0 bridgehead atoms. The summed E-state index contributed by atoms with van der Waals surface area (Å²) >= 11 is 4.75. The Morgan fingerprint density at radius 3 is 2.75 bits per heavy atom. The molecule has 8 heteroatoms. The molecule has 1 fully saturated rings. The van der Waals surface area contributed by atoms with Gasteiger partial charge in [-0.25, -0.2) is 0 Å². The third-order valence-electron chi connectivity index (χ3n) is 1.97. The van der Waals surface area contributed by atoms with Crippen LogP contribution in [0, 0.1) is 17.2 Å². The Morgan fingerprint density at radius 2 is 2.31 bits per heavy atom. The minimum atomic E-state index is -1.14. The van der Waals surface area contributed by atoms with Gasteiger partial charge in [-0.3, -0.25) is 19.3 Å². The van der Waals surface area contributed by atoms with Crippen LogP contribution >= 0.6 is 12.2 Å². The molecule has 0 aliphatic carbocycles. The first kappa shape index (κ1) is 12.1. The fourth-order valence-corrected chi connectivity index (χ4v) is 1.43. The summed E-state index contributed by atoms with van der Waals surface area (Å²) in [6, 6.07) is 1.66. The summed E-state index contributed by atoms with van der Waals surface area (Å²) in [7, 11) is 0. The molecular weight excluding hydrogens is 232 g/mol. The number of carbonyl (C=O) groups is 3. The zero-order valence-electron chi connectivity index (χ0n) is 8.10. The van der Waals surface area contributed by atoms with Gasteiger partial charge in [0.2, 0.25) is 17.7 Å². The minimum absolute atomic E-state index is 0.109. The molecule has 0 aromatic rings. The van der Waals surface area contributed by atoms with Crippen LogP contribution in [0.5, 0.6) is 0 Å². The van der Waals surface area contributed by atoms with Crippen molar-refractivity contribution in [1.82, 2.24) is 10.2 Å². The van der Waals surface area contributed by atoms with E-state index in [-0.39, 0.29) is 18.1 Å². The Morgan fingerprint density at radius 1 is 1.69 bits per heavy atom. The first-order chi connectivity index (χ1) is 7.45. The Labute approximate surface area is 96.2 Å². The van der Waals surface area contributed by atoms with Gasteiger partial charge < -0.3 is 11.1 Å². The summed E-state index contributed by atoms with van der Waals surface area (Å²) in [4.78, 5) is 34.1. The van der Waals surface area contributed by atoms with Crippen LogP contribution in [0.15, 0.2) is 0 Å². The van der Waals surface area contributed by atoms with E-state index in [2.05, 4.69) is 5.32 Å².